The third-order valence-corrected chi connectivity index (χ3v) is 0.758. The minimum atomic E-state index is -1.08. The minimum Gasteiger partial charge on any atom is -0.614 e. The Bertz CT molecular complexity index is 121. The summed E-state index contributed by atoms with van der Waals surface area (Å²) < 4.78 is 4.56. The van der Waals surface area contributed by atoms with Crippen LogP contribution < -0.4 is 5.11 Å². The lowest BCUT2D eigenvalue weighted by atomic mass is 10.1. The fraction of sp³-hybridized carbons (Fsp3) is 0.714. The lowest BCUT2D eigenvalue weighted by Crippen LogP contribution is -2.20. The van der Waals surface area contributed by atoms with Crippen molar-refractivity contribution < 1.29 is 14.9 Å². The average Bonchev–Trinajstić information content (AvgIpc) is 1.59. The van der Waals surface area contributed by atoms with Crippen molar-refractivity contribution in [3.05, 3.63) is 12.0 Å². The molecule has 0 heterocycles. The molecule has 0 fully saturated rings. The molecule has 3 nitrogen and oxygen atoms in total. The zero-order valence-corrected chi connectivity index (χ0v) is 6.55. The molecule has 0 spiro atoms. The van der Waals surface area contributed by atoms with Crippen molar-refractivity contribution in [2.45, 2.75) is 26.4 Å². The average molecular weight is 145 g/mol. The minimum absolute atomic E-state index is 0.339. The lowest BCUT2D eigenvalue weighted by Gasteiger charge is -2.18. The van der Waals surface area contributed by atoms with E-state index in [4.69, 9.17) is 5.11 Å². The van der Waals surface area contributed by atoms with Crippen molar-refractivity contribution in [2.75, 3.05) is 6.61 Å². The molecule has 0 aromatic carbocycles. The monoisotopic (exact) mass is 145 g/mol. The van der Waals surface area contributed by atoms with Gasteiger partial charge in [0.25, 0.3) is 0 Å². The van der Waals surface area contributed by atoms with Crippen LogP contribution in [-0.4, -0.2) is 17.3 Å². The van der Waals surface area contributed by atoms with Gasteiger partial charge in [-0.1, -0.05) is 6.92 Å². The normalized spacial score (nSPS) is 13.4. The van der Waals surface area contributed by atoms with E-state index >= 15 is 0 Å². The second-order valence-electron chi connectivity index (χ2n) is 2.55. The molecule has 0 bridgehead atoms. The quantitative estimate of drug-likeness (QED) is 0.568. The van der Waals surface area contributed by atoms with Gasteiger partial charge in [-0.25, -0.2) is 0 Å². The first kappa shape index (κ1) is 9.30. The molecule has 0 unspecified atom stereocenters. The van der Waals surface area contributed by atoms with Crippen LogP contribution >= 0.6 is 0 Å². The van der Waals surface area contributed by atoms with Crippen LogP contribution in [0.15, 0.2) is 12.0 Å². The molecule has 0 aliphatic carbocycles. The van der Waals surface area contributed by atoms with Gasteiger partial charge in [0.05, 0.1) is 5.60 Å². The molecule has 10 heavy (non-hydrogen) atoms. The maximum atomic E-state index is 10.6. The predicted octanol–water partition coefficient (Wildman–Crippen LogP) is -0.00450. The van der Waals surface area contributed by atoms with Gasteiger partial charge in [-0.05, 0) is 26.5 Å². The van der Waals surface area contributed by atoms with E-state index in [0.717, 1.165) is 6.08 Å². The Balaban J connectivity index is 3.90. The van der Waals surface area contributed by atoms with Crippen LogP contribution in [0.1, 0.15) is 20.8 Å². The van der Waals surface area contributed by atoms with E-state index in [1.54, 1.807) is 6.92 Å². The van der Waals surface area contributed by atoms with Crippen LogP contribution in [0, 0.1) is 0 Å². The molecule has 0 saturated heterocycles. The van der Waals surface area contributed by atoms with Crippen LogP contribution in [0.3, 0.4) is 0 Å². The Kier molecular flexibility index (Phi) is 3.22. The summed E-state index contributed by atoms with van der Waals surface area (Å²) in [5.41, 5.74) is -1.08. The van der Waals surface area contributed by atoms with Crippen molar-refractivity contribution in [1.82, 2.24) is 0 Å². The third kappa shape index (κ3) is 5.44. The summed E-state index contributed by atoms with van der Waals surface area (Å²) in [6.07, 6.45) is 1.14. The topological polar surface area (TPSA) is 52.5 Å². The Morgan fingerprint density at radius 2 is 2.20 bits per heavy atom. The summed E-state index contributed by atoms with van der Waals surface area (Å²) >= 11 is 0. The molecule has 0 aromatic heterocycles. The second-order valence-corrected chi connectivity index (χ2v) is 2.55. The van der Waals surface area contributed by atoms with Gasteiger partial charge in [0.2, 0.25) is 0 Å². The first-order chi connectivity index (χ1) is 4.45. The number of aliphatic hydroxyl groups is 1. The van der Waals surface area contributed by atoms with Gasteiger partial charge >= 0.3 is 0 Å². The second kappa shape index (κ2) is 3.46. The number of hydrogen-bond donors (Lipinski definition) is 1. The van der Waals surface area contributed by atoms with Gasteiger partial charge in [-0.3, -0.25) is 0 Å². The highest BCUT2D eigenvalue weighted by atomic mass is 16.6. The SMILES string of the molecule is CCO/C([O-])=C/C(C)(C)O. The van der Waals surface area contributed by atoms with Gasteiger partial charge in [-0.2, -0.15) is 0 Å². The van der Waals surface area contributed by atoms with Crippen molar-refractivity contribution in [1.29, 1.82) is 0 Å². The van der Waals surface area contributed by atoms with E-state index in [0.29, 0.717) is 6.61 Å². The fourth-order valence-corrected chi connectivity index (χ4v) is 0.472. The van der Waals surface area contributed by atoms with E-state index in [-0.39, 0.29) is 0 Å². The molecule has 0 saturated carbocycles. The summed E-state index contributed by atoms with van der Waals surface area (Å²) in [5, 5.41) is 19.7. The molecular weight excluding hydrogens is 132 g/mol. The standard InChI is InChI=1S/C7H14O3/c1-4-10-6(8)5-7(2,3)9/h5,8-9H,4H2,1-3H3/p-1/b6-5+. The van der Waals surface area contributed by atoms with Crippen molar-refractivity contribution in [3.8, 4) is 0 Å². The number of ether oxygens (including phenoxy) is 1. The number of rotatable bonds is 3. The summed E-state index contributed by atoms with van der Waals surface area (Å²) in [5.74, 6) is -0.477. The first-order valence-electron chi connectivity index (χ1n) is 3.20. The Labute approximate surface area is 60.9 Å². The third-order valence-electron chi connectivity index (χ3n) is 0.758. The summed E-state index contributed by atoms with van der Waals surface area (Å²) in [4.78, 5) is 0. The van der Waals surface area contributed by atoms with E-state index in [1.807, 2.05) is 0 Å². The van der Waals surface area contributed by atoms with Crippen molar-refractivity contribution >= 4 is 0 Å². The molecule has 1 N–H and O–H groups in total. The van der Waals surface area contributed by atoms with Gasteiger partial charge in [0.1, 0.15) is 0 Å². The summed E-state index contributed by atoms with van der Waals surface area (Å²) in [7, 11) is 0. The van der Waals surface area contributed by atoms with Crippen LogP contribution in [0.5, 0.6) is 0 Å². The van der Waals surface area contributed by atoms with Crippen LogP contribution in [0.2, 0.25) is 0 Å². The summed E-state index contributed by atoms with van der Waals surface area (Å²) in [6.45, 7) is 5.09. The highest BCUT2D eigenvalue weighted by molar-refractivity contribution is 4.94. The van der Waals surface area contributed by atoms with Crippen LogP contribution in [-0.2, 0) is 4.74 Å². The summed E-state index contributed by atoms with van der Waals surface area (Å²) in [6, 6.07) is 0. The van der Waals surface area contributed by atoms with E-state index < -0.39 is 11.5 Å². The number of hydrogen-bond acceptors (Lipinski definition) is 3. The molecule has 0 aliphatic heterocycles. The molecule has 0 rings (SSSR count). The van der Waals surface area contributed by atoms with Crippen molar-refractivity contribution in [3.63, 3.8) is 0 Å². The van der Waals surface area contributed by atoms with Gasteiger partial charge in [-0.15, -0.1) is 0 Å². The van der Waals surface area contributed by atoms with E-state index in [1.165, 1.54) is 13.8 Å². The highest BCUT2D eigenvalue weighted by Crippen LogP contribution is 2.04. The maximum absolute atomic E-state index is 10.6. The Hall–Kier alpha value is -0.700. The van der Waals surface area contributed by atoms with E-state index in [9.17, 15) is 5.11 Å². The van der Waals surface area contributed by atoms with Crippen LogP contribution in [0.25, 0.3) is 0 Å². The zero-order valence-electron chi connectivity index (χ0n) is 6.55. The molecule has 3 heteroatoms. The van der Waals surface area contributed by atoms with Gasteiger partial charge in [0.15, 0.2) is 0 Å². The Morgan fingerprint density at radius 3 is 2.50 bits per heavy atom. The highest BCUT2D eigenvalue weighted by Gasteiger charge is 2.06. The van der Waals surface area contributed by atoms with Gasteiger partial charge < -0.3 is 14.9 Å². The molecule has 0 atom stereocenters. The van der Waals surface area contributed by atoms with E-state index in [2.05, 4.69) is 4.74 Å². The largest absolute Gasteiger partial charge is 0.614 e. The Morgan fingerprint density at radius 1 is 1.70 bits per heavy atom. The molecular formula is C7H13O3-. The smallest absolute Gasteiger partial charge is 0.0791 e. The van der Waals surface area contributed by atoms with Gasteiger partial charge in [0, 0.05) is 5.95 Å². The maximum Gasteiger partial charge on any atom is 0.0791 e. The zero-order chi connectivity index (χ0) is 8.20. The lowest BCUT2D eigenvalue weighted by molar-refractivity contribution is -0.358. The van der Waals surface area contributed by atoms with Crippen LogP contribution in [0.4, 0.5) is 0 Å². The molecule has 0 aromatic rings. The fourth-order valence-electron chi connectivity index (χ4n) is 0.472. The first-order valence-corrected chi connectivity index (χ1v) is 3.20. The predicted molar refractivity (Wildman–Crippen MR) is 36.0 cm³/mol. The molecule has 0 radical (unpaired) electrons. The molecule has 60 valence electrons. The molecule has 0 aliphatic rings. The van der Waals surface area contributed by atoms with Crippen molar-refractivity contribution in [2.24, 2.45) is 0 Å². The molecule has 0 amide bonds.